The van der Waals surface area contributed by atoms with Crippen molar-refractivity contribution in [2.75, 3.05) is 11.9 Å². The lowest BCUT2D eigenvalue weighted by molar-refractivity contribution is -0.119. The third-order valence-corrected chi connectivity index (χ3v) is 4.14. The highest BCUT2D eigenvalue weighted by Crippen LogP contribution is 2.28. The maximum absolute atomic E-state index is 12.4. The maximum Gasteiger partial charge on any atom is 0.227 e. The summed E-state index contributed by atoms with van der Waals surface area (Å²) in [6.07, 6.45) is 6.98. The van der Waals surface area contributed by atoms with Gasteiger partial charge in [-0.05, 0) is 30.4 Å². The van der Waals surface area contributed by atoms with Crippen molar-refractivity contribution in [2.45, 2.75) is 45.1 Å². The first-order chi connectivity index (χ1) is 9.22. The third kappa shape index (κ3) is 3.57. The minimum absolute atomic E-state index is 0.216. The smallest absolute Gasteiger partial charge is 0.227 e. The van der Waals surface area contributed by atoms with E-state index < -0.39 is 0 Å². The Balaban J connectivity index is 2.01. The fraction of sp³-hybridized carbons (Fsp3) is 0.562. The number of hydrogen-bond acceptors (Lipinski definition) is 2. The lowest BCUT2D eigenvalue weighted by Crippen LogP contribution is -2.29. The Labute approximate surface area is 115 Å². The molecule has 104 valence electrons. The molecule has 1 aromatic rings. The van der Waals surface area contributed by atoms with Crippen molar-refractivity contribution >= 4 is 11.6 Å². The predicted molar refractivity (Wildman–Crippen MR) is 78.9 cm³/mol. The summed E-state index contributed by atoms with van der Waals surface area (Å²) >= 11 is 0. The molecule has 0 heterocycles. The molecular weight excluding hydrogens is 236 g/mol. The van der Waals surface area contributed by atoms with Gasteiger partial charge >= 0.3 is 0 Å². The van der Waals surface area contributed by atoms with E-state index >= 15 is 0 Å². The van der Waals surface area contributed by atoms with Gasteiger partial charge in [-0.1, -0.05) is 37.5 Å². The number of benzene rings is 1. The highest BCUT2D eigenvalue weighted by atomic mass is 16.2. The van der Waals surface area contributed by atoms with Gasteiger partial charge < -0.3 is 10.6 Å². The number of anilines is 1. The molecule has 1 aromatic carbocycles. The topological polar surface area (TPSA) is 46.3 Å². The van der Waals surface area contributed by atoms with Crippen LogP contribution in [0.4, 0.5) is 5.69 Å². The minimum atomic E-state index is 0.216. The second-order valence-corrected chi connectivity index (χ2v) is 5.49. The van der Waals surface area contributed by atoms with Crippen LogP contribution in [0.3, 0.4) is 0 Å². The third-order valence-electron chi connectivity index (χ3n) is 4.14. The van der Waals surface area contributed by atoms with Gasteiger partial charge in [0.1, 0.15) is 0 Å². The van der Waals surface area contributed by atoms with Crippen LogP contribution in [0.1, 0.15) is 44.1 Å². The largest absolute Gasteiger partial charge is 0.326 e. The van der Waals surface area contributed by atoms with E-state index in [4.69, 9.17) is 5.73 Å². The van der Waals surface area contributed by atoms with Gasteiger partial charge in [0.15, 0.2) is 0 Å². The average Bonchev–Trinajstić information content (AvgIpc) is 2.47. The van der Waals surface area contributed by atoms with E-state index in [9.17, 15) is 4.79 Å². The second kappa shape index (κ2) is 6.71. The van der Waals surface area contributed by atoms with Gasteiger partial charge in [-0.25, -0.2) is 0 Å². The van der Waals surface area contributed by atoms with Crippen molar-refractivity contribution in [3.05, 3.63) is 29.8 Å². The Bertz CT molecular complexity index is 425. The molecule has 3 nitrogen and oxygen atoms in total. The van der Waals surface area contributed by atoms with Crippen LogP contribution in [0.15, 0.2) is 24.3 Å². The number of carbonyl (C=O) groups excluding carboxylic acids is 1. The van der Waals surface area contributed by atoms with Crippen molar-refractivity contribution in [1.29, 1.82) is 0 Å². The van der Waals surface area contributed by atoms with Gasteiger partial charge in [0.05, 0.1) is 0 Å². The zero-order valence-corrected chi connectivity index (χ0v) is 11.8. The van der Waals surface area contributed by atoms with Crippen LogP contribution in [0, 0.1) is 5.92 Å². The highest BCUT2D eigenvalue weighted by Gasteiger charge is 2.20. The molecule has 0 radical (unpaired) electrons. The fourth-order valence-electron chi connectivity index (χ4n) is 2.92. The van der Waals surface area contributed by atoms with E-state index in [1.807, 2.05) is 31.3 Å². The molecular formula is C16H24N2O. The molecule has 3 heteroatoms. The van der Waals surface area contributed by atoms with Gasteiger partial charge in [-0.2, -0.15) is 0 Å². The molecule has 19 heavy (non-hydrogen) atoms. The molecule has 1 amide bonds. The van der Waals surface area contributed by atoms with Crippen LogP contribution in [-0.2, 0) is 11.3 Å². The Kier molecular flexibility index (Phi) is 4.97. The van der Waals surface area contributed by atoms with E-state index in [1.165, 1.54) is 32.1 Å². The molecule has 0 saturated heterocycles. The van der Waals surface area contributed by atoms with Crippen molar-refractivity contribution in [3.63, 3.8) is 0 Å². The quantitative estimate of drug-likeness (QED) is 0.904. The predicted octanol–water partition coefficient (Wildman–Crippen LogP) is 3.08. The molecule has 0 aliphatic heterocycles. The van der Waals surface area contributed by atoms with Crippen LogP contribution in [0.5, 0.6) is 0 Å². The van der Waals surface area contributed by atoms with Gasteiger partial charge in [-0.3, -0.25) is 4.79 Å². The van der Waals surface area contributed by atoms with Crippen LogP contribution >= 0.6 is 0 Å². The highest BCUT2D eigenvalue weighted by molar-refractivity contribution is 5.93. The van der Waals surface area contributed by atoms with Gasteiger partial charge in [0, 0.05) is 25.7 Å². The Hall–Kier alpha value is -1.35. The summed E-state index contributed by atoms with van der Waals surface area (Å²) < 4.78 is 0. The normalized spacial score (nSPS) is 16.3. The number of rotatable bonds is 4. The Morgan fingerprint density at radius 2 is 1.95 bits per heavy atom. The summed E-state index contributed by atoms with van der Waals surface area (Å²) in [7, 11) is 1.86. The summed E-state index contributed by atoms with van der Waals surface area (Å²) in [5.74, 6) is 0.793. The number of nitrogens with zero attached hydrogens (tertiary/aromatic N) is 1. The van der Waals surface area contributed by atoms with Crippen molar-refractivity contribution in [1.82, 2.24) is 0 Å². The summed E-state index contributed by atoms with van der Waals surface area (Å²) in [6.45, 7) is 0.469. The molecule has 2 N–H and O–H groups in total. The molecule has 0 atom stereocenters. The first-order valence-electron chi connectivity index (χ1n) is 7.27. The molecule has 0 unspecified atom stereocenters. The Morgan fingerprint density at radius 3 is 2.63 bits per heavy atom. The second-order valence-electron chi connectivity index (χ2n) is 5.49. The molecule has 1 fully saturated rings. The van der Waals surface area contributed by atoms with E-state index in [0.29, 0.717) is 18.9 Å². The van der Waals surface area contributed by atoms with Gasteiger partial charge in [0.2, 0.25) is 5.91 Å². The maximum atomic E-state index is 12.4. The van der Waals surface area contributed by atoms with Gasteiger partial charge in [0.25, 0.3) is 0 Å². The summed E-state index contributed by atoms with van der Waals surface area (Å²) in [6, 6.07) is 7.88. The number of amides is 1. The van der Waals surface area contributed by atoms with Crippen LogP contribution in [0.25, 0.3) is 0 Å². The fourth-order valence-corrected chi connectivity index (χ4v) is 2.92. The monoisotopic (exact) mass is 260 g/mol. The zero-order valence-electron chi connectivity index (χ0n) is 11.8. The molecule has 0 bridgehead atoms. The van der Waals surface area contributed by atoms with E-state index in [-0.39, 0.29) is 5.91 Å². The minimum Gasteiger partial charge on any atom is -0.326 e. The summed E-state index contributed by atoms with van der Waals surface area (Å²) in [5, 5.41) is 0. The first kappa shape index (κ1) is 14.1. The Morgan fingerprint density at radius 1 is 1.26 bits per heavy atom. The van der Waals surface area contributed by atoms with Crippen molar-refractivity contribution in [3.8, 4) is 0 Å². The molecule has 1 aliphatic carbocycles. The van der Waals surface area contributed by atoms with Crippen molar-refractivity contribution in [2.24, 2.45) is 11.7 Å². The van der Waals surface area contributed by atoms with Crippen molar-refractivity contribution < 1.29 is 4.79 Å². The van der Waals surface area contributed by atoms with E-state index in [0.717, 1.165) is 11.3 Å². The zero-order chi connectivity index (χ0) is 13.7. The average molecular weight is 260 g/mol. The SMILES string of the molecule is CN(C(=O)CC1CCCCC1)c1ccccc1CN. The number of carbonyl (C=O) groups is 1. The molecule has 2 rings (SSSR count). The number of para-hydroxylation sites is 1. The van der Waals surface area contributed by atoms with E-state index in [2.05, 4.69) is 0 Å². The van der Waals surface area contributed by atoms with Crippen LogP contribution in [-0.4, -0.2) is 13.0 Å². The molecule has 1 saturated carbocycles. The summed E-state index contributed by atoms with van der Waals surface area (Å²) in [4.78, 5) is 14.1. The van der Waals surface area contributed by atoms with Gasteiger partial charge in [-0.15, -0.1) is 0 Å². The van der Waals surface area contributed by atoms with E-state index in [1.54, 1.807) is 4.90 Å². The molecule has 0 spiro atoms. The molecule has 0 aromatic heterocycles. The lowest BCUT2D eigenvalue weighted by atomic mass is 9.86. The van der Waals surface area contributed by atoms with Crippen LogP contribution < -0.4 is 10.6 Å². The standard InChI is InChI=1S/C16H24N2O/c1-18(15-10-6-5-9-14(15)12-17)16(19)11-13-7-3-2-4-8-13/h5-6,9-10,13H,2-4,7-8,11-12,17H2,1H3. The van der Waals surface area contributed by atoms with Crippen LogP contribution in [0.2, 0.25) is 0 Å². The first-order valence-corrected chi connectivity index (χ1v) is 7.27. The summed E-state index contributed by atoms with van der Waals surface area (Å²) in [5.41, 5.74) is 7.71. The lowest BCUT2D eigenvalue weighted by Gasteiger charge is -2.25. The number of hydrogen-bond donors (Lipinski definition) is 1. The number of nitrogens with two attached hydrogens (primary N) is 1. The molecule has 1 aliphatic rings.